The molecule has 0 atom stereocenters. The second-order valence-electron chi connectivity index (χ2n) is 7.05. The summed E-state index contributed by atoms with van der Waals surface area (Å²) < 4.78 is 29.6. The average Bonchev–Trinajstić information content (AvgIpc) is 2.76. The Balaban J connectivity index is 2.18. The summed E-state index contributed by atoms with van der Waals surface area (Å²) in [7, 11) is -1.24. The molecule has 1 heterocycles. The fourth-order valence-electron chi connectivity index (χ4n) is 3.24. The van der Waals surface area contributed by atoms with E-state index in [1.807, 2.05) is 6.07 Å². The maximum atomic E-state index is 12.2. The van der Waals surface area contributed by atoms with Crippen molar-refractivity contribution in [2.45, 2.75) is 17.7 Å². The highest BCUT2D eigenvalue weighted by Crippen LogP contribution is 2.37. The number of benzene rings is 2. The number of hydrogen-bond donors (Lipinski definition) is 2. The molecule has 0 aliphatic heterocycles. The number of nitrogens with zero attached hydrogens (tertiary/aromatic N) is 2. The van der Waals surface area contributed by atoms with Gasteiger partial charge >= 0.3 is 0 Å². The molecule has 8 nitrogen and oxygen atoms in total. The SMILES string of the molecule is COc1ccc(-c2cc(CCC(=O)N(C)O)cnc2-c2ccccc2S(N)(=O)=O)cc1Cl. The van der Waals surface area contributed by atoms with E-state index in [4.69, 9.17) is 21.5 Å². The number of hydrogen-bond acceptors (Lipinski definition) is 6. The van der Waals surface area contributed by atoms with E-state index in [0.717, 1.165) is 5.56 Å². The smallest absolute Gasteiger partial charge is 0.245 e. The molecular formula is C22H22ClN3O5S. The third-order valence-corrected chi connectivity index (χ3v) is 6.11. The van der Waals surface area contributed by atoms with Gasteiger partial charge in [0.25, 0.3) is 0 Å². The number of nitrogens with two attached hydrogens (primary N) is 1. The lowest BCUT2D eigenvalue weighted by Gasteiger charge is -2.15. The summed E-state index contributed by atoms with van der Waals surface area (Å²) in [6.07, 6.45) is 1.96. The van der Waals surface area contributed by atoms with Crippen LogP contribution in [-0.4, -0.2) is 43.7 Å². The highest BCUT2D eigenvalue weighted by Gasteiger charge is 2.20. The van der Waals surface area contributed by atoms with Crippen LogP contribution in [0.3, 0.4) is 0 Å². The van der Waals surface area contributed by atoms with E-state index in [1.165, 1.54) is 20.2 Å². The largest absolute Gasteiger partial charge is 0.495 e. The Morgan fingerprint density at radius 1 is 1.19 bits per heavy atom. The van der Waals surface area contributed by atoms with Crippen molar-refractivity contribution < 1.29 is 23.2 Å². The molecule has 0 saturated heterocycles. The van der Waals surface area contributed by atoms with Gasteiger partial charge in [-0.05, 0) is 41.8 Å². The molecule has 0 spiro atoms. The molecule has 0 fully saturated rings. The lowest BCUT2D eigenvalue weighted by atomic mass is 9.96. The van der Waals surface area contributed by atoms with Crippen molar-refractivity contribution in [3.05, 3.63) is 65.3 Å². The average molecular weight is 476 g/mol. The quantitative estimate of drug-likeness (QED) is 0.398. The highest BCUT2D eigenvalue weighted by atomic mass is 35.5. The minimum Gasteiger partial charge on any atom is -0.495 e. The van der Waals surface area contributed by atoms with Crippen molar-refractivity contribution in [1.82, 2.24) is 10.0 Å². The summed E-state index contributed by atoms with van der Waals surface area (Å²) >= 11 is 6.32. The minimum atomic E-state index is -4.00. The topological polar surface area (TPSA) is 123 Å². The summed E-state index contributed by atoms with van der Waals surface area (Å²) in [5.41, 5.74) is 2.74. The molecule has 0 saturated carbocycles. The van der Waals surface area contributed by atoms with Gasteiger partial charge in [-0.2, -0.15) is 0 Å². The number of aromatic nitrogens is 1. The lowest BCUT2D eigenvalue weighted by Crippen LogP contribution is -2.22. The van der Waals surface area contributed by atoms with E-state index in [0.29, 0.717) is 44.6 Å². The Labute approximate surface area is 191 Å². The second kappa shape index (κ2) is 9.66. The fourth-order valence-corrected chi connectivity index (χ4v) is 4.23. The zero-order valence-electron chi connectivity index (χ0n) is 17.4. The number of primary sulfonamides is 1. The number of ether oxygens (including phenoxy) is 1. The van der Waals surface area contributed by atoms with Crippen molar-refractivity contribution in [2.24, 2.45) is 5.14 Å². The predicted octanol–water partition coefficient (Wildman–Crippen LogP) is 3.51. The number of carbonyl (C=O) groups is 1. The number of hydroxylamine groups is 2. The van der Waals surface area contributed by atoms with Crippen LogP contribution in [0.5, 0.6) is 5.75 Å². The molecule has 1 aromatic heterocycles. The summed E-state index contributed by atoms with van der Waals surface area (Å²) in [6, 6.07) is 13.3. The van der Waals surface area contributed by atoms with Gasteiger partial charge in [0.1, 0.15) is 5.75 Å². The fraction of sp³-hybridized carbons (Fsp3) is 0.182. The zero-order valence-corrected chi connectivity index (χ0v) is 19.0. The van der Waals surface area contributed by atoms with Gasteiger partial charge in [-0.3, -0.25) is 15.0 Å². The van der Waals surface area contributed by atoms with Crippen LogP contribution < -0.4 is 9.88 Å². The number of aryl methyl sites for hydroxylation is 1. The van der Waals surface area contributed by atoms with Gasteiger partial charge in [0.2, 0.25) is 15.9 Å². The van der Waals surface area contributed by atoms with Gasteiger partial charge < -0.3 is 4.74 Å². The van der Waals surface area contributed by atoms with Crippen molar-refractivity contribution in [1.29, 1.82) is 0 Å². The van der Waals surface area contributed by atoms with E-state index < -0.39 is 15.9 Å². The highest BCUT2D eigenvalue weighted by molar-refractivity contribution is 7.89. The van der Waals surface area contributed by atoms with E-state index in [9.17, 15) is 18.4 Å². The van der Waals surface area contributed by atoms with Crippen LogP contribution in [0.4, 0.5) is 0 Å². The van der Waals surface area contributed by atoms with Gasteiger partial charge in [0.15, 0.2) is 0 Å². The molecule has 0 unspecified atom stereocenters. The van der Waals surface area contributed by atoms with Gasteiger partial charge in [0.05, 0.1) is 22.7 Å². The molecule has 32 heavy (non-hydrogen) atoms. The molecular weight excluding hydrogens is 454 g/mol. The first-order valence-corrected chi connectivity index (χ1v) is 11.4. The zero-order chi connectivity index (χ0) is 23.5. The van der Waals surface area contributed by atoms with Crippen molar-refractivity contribution in [3.8, 4) is 28.1 Å². The van der Waals surface area contributed by atoms with E-state index in [1.54, 1.807) is 42.6 Å². The molecule has 3 N–H and O–H groups in total. The number of amides is 1. The van der Waals surface area contributed by atoms with Crippen molar-refractivity contribution in [3.63, 3.8) is 0 Å². The lowest BCUT2D eigenvalue weighted by molar-refractivity contribution is -0.159. The molecule has 1 amide bonds. The van der Waals surface area contributed by atoms with E-state index in [-0.39, 0.29) is 11.3 Å². The van der Waals surface area contributed by atoms with Crippen LogP contribution >= 0.6 is 11.6 Å². The Bertz CT molecular complexity index is 1260. The van der Waals surface area contributed by atoms with Crippen LogP contribution in [-0.2, 0) is 21.2 Å². The number of carbonyl (C=O) groups excluding carboxylic acids is 1. The summed E-state index contributed by atoms with van der Waals surface area (Å²) in [5.74, 6) is 0.0466. The molecule has 168 valence electrons. The number of pyridine rings is 1. The number of halogens is 1. The van der Waals surface area contributed by atoms with E-state index in [2.05, 4.69) is 4.98 Å². The molecule has 0 radical (unpaired) electrons. The second-order valence-corrected chi connectivity index (χ2v) is 8.98. The Morgan fingerprint density at radius 3 is 2.53 bits per heavy atom. The summed E-state index contributed by atoms with van der Waals surface area (Å²) in [6.45, 7) is 0. The first-order valence-electron chi connectivity index (χ1n) is 9.52. The molecule has 0 bridgehead atoms. The maximum absolute atomic E-state index is 12.2. The van der Waals surface area contributed by atoms with Gasteiger partial charge in [-0.25, -0.2) is 18.6 Å². The van der Waals surface area contributed by atoms with Crippen LogP contribution in [0.1, 0.15) is 12.0 Å². The first-order chi connectivity index (χ1) is 15.1. The van der Waals surface area contributed by atoms with Crippen molar-refractivity contribution in [2.75, 3.05) is 14.2 Å². The summed E-state index contributed by atoms with van der Waals surface area (Å²) in [5, 5.41) is 15.6. The molecule has 3 aromatic rings. The summed E-state index contributed by atoms with van der Waals surface area (Å²) in [4.78, 5) is 16.2. The third kappa shape index (κ3) is 5.25. The first kappa shape index (κ1) is 23.7. The normalized spacial score (nSPS) is 11.3. The van der Waals surface area contributed by atoms with Gasteiger partial charge in [-0.15, -0.1) is 0 Å². The molecule has 0 aliphatic carbocycles. The Hall–Kier alpha value is -2.98. The standard InChI is InChI=1S/C22H22ClN3O5S/c1-26(28)21(27)10-7-14-11-17(15-8-9-19(31-2)18(23)12-15)22(25-13-14)16-5-3-4-6-20(16)32(24,29)30/h3-6,8-9,11-13,28H,7,10H2,1-2H3,(H2,24,29,30). The van der Waals surface area contributed by atoms with Crippen LogP contribution in [0.2, 0.25) is 5.02 Å². The number of methoxy groups -OCH3 is 1. The monoisotopic (exact) mass is 475 g/mol. The van der Waals surface area contributed by atoms with Crippen LogP contribution in [0.15, 0.2) is 59.6 Å². The molecule has 0 aliphatic rings. The van der Waals surface area contributed by atoms with Crippen molar-refractivity contribution >= 4 is 27.5 Å². The van der Waals surface area contributed by atoms with Crippen LogP contribution in [0, 0.1) is 0 Å². The molecule has 3 rings (SSSR count). The van der Waals surface area contributed by atoms with Crippen LogP contribution in [0.25, 0.3) is 22.4 Å². The minimum absolute atomic E-state index is 0.0572. The van der Waals surface area contributed by atoms with Gasteiger partial charge in [0, 0.05) is 30.8 Å². The van der Waals surface area contributed by atoms with E-state index >= 15 is 0 Å². The maximum Gasteiger partial charge on any atom is 0.245 e. The van der Waals surface area contributed by atoms with Gasteiger partial charge in [-0.1, -0.05) is 35.9 Å². The predicted molar refractivity (Wildman–Crippen MR) is 121 cm³/mol. The molecule has 10 heteroatoms. The number of sulfonamides is 1. The number of rotatable bonds is 7. The molecule has 2 aromatic carbocycles. The Morgan fingerprint density at radius 2 is 1.91 bits per heavy atom. The Kier molecular flexibility index (Phi) is 7.15. The third-order valence-electron chi connectivity index (χ3n) is 4.84.